The van der Waals surface area contributed by atoms with Crippen molar-refractivity contribution in [3.05, 3.63) is 33.4 Å². The Morgan fingerprint density at radius 2 is 2.35 bits per heavy atom. The molecule has 0 amide bonds. The molecular formula is C13H15Br2N3O2. The smallest absolute Gasteiger partial charge is 0.183 e. The molecular weight excluding hydrogens is 390 g/mol. The number of hydrogen-bond acceptors (Lipinski definition) is 4. The maximum Gasteiger partial charge on any atom is 0.183 e. The number of halogens is 2. The van der Waals surface area contributed by atoms with Crippen LogP contribution < -0.4 is 5.32 Å². The maximum absolute atomic E-state index is 5.60. The number of rotatable bonds is 5. The second kappa shape index (κ2) is 6.32. The molecule has 2 aromatic heterocycles. The Morgan fingerprint density at radius 1 is 1.45 bits per heavy atom. The number of hydrogen-bond donors (Lipinski definition) is 1. The molecule has 3 rings (SSSR count). The summed E-state index contributed by atoms with van der Waals surface area (Å²) in [6.45, 7) is 2.31. The van der Waals surface area contributed by atoms with E-state index in [0.29, 0.717) is 17.3 Å². The molecule has 1 saturated heterocycles. The number of nitrogens with zero attached hydrogens (tertiary/aromatic N) is 2. The highest BCUT2D eigenvalue weighted by molar-refractivity contribution is 9.13. The second-order valence-corrected chi connectivity index (χ2v) is 6.35. The number of aromatic nitrogens is 2. The van der Waals surface area contributed by atoms with E-state index in [0.717, 1.165) is 41.9 Å². The molecule has 0 radical (unpaired) electrons. The molecule has 0 saturated carbocycles. The van der Waals surface area contributed by atoms with Gasteiger partial charge in [-0.1, -0.05) is 0 Å². The highest BCUT2D eigenvalue weighted by Gasteiger charge is 2.16. The minimum atomic E-state index is 0.305. The van der Waals surface area contributed by atoms with Crippen LogP contribution >= 0.6 is 31.9 Å². The lowest BCUT2D eigenvalue weighted by molar-refractivity contribution is 0.0940. The van der Waals surface area contributed by atoms with Gasteiger partial charge < -0.3 is 14.5 Å². The topological polar surface area (TPSA) is 52.2 Å². The summed E-state index contributed by atoms with van der Waals surface area (Å²) in [5.41, 5.74) is 0.978. The average Bonchev–Trinajstić information content (AvgIpc) is 3.12. The van der Waals surface area contributed by atoms with Crippen molar-refractivity contribution in [3.8, 4) is 0 Å². The molecule has 5 nitrogen and oxygen atoms in total. The second-order valence-electron chi connectivity index (χ2n) is 4.77. The van der Waals surface area contributed by atoms with Gasteiger partial charge in [-0.25, -0.2) is 0 Å². The molecule has 2 aromatic rings. The summed E-state index contributed by atoms with van der Waals surface area (Å²) in [7, 11) is 0. The van der Waals surface area contributed by atoms with Gasteiger partial charge in [0, 0.05) is 12.8 Å². The van der Waals surface area contributed by atoms with Gasteiger partial charge in [-0.15, -0.1) is 0 Å². The molecule has 0 aliphatic carbocycles. The van der Waals surface area contributed by atoms with Crippen LogP contribution in [0.3, 0.4) is 0 Å². The van der Waals surface area contributed by atoms with Gasteiger partial charge in [-0.05, 0) is 50.8 Å². The third-order valence-corrected chi connectivity index (χ3v) is 4.92. The summed E-state index contributed by atoms with van der Waals surface area (Å²) in [6.07, 6.45) is 6.40. The normalized spacial score (nSPS) is 18.6. The predicted molar refractivity (Wildman–Crippen MR) is 82.6 cm³/mol. The van der Waals surface area contributed by atoms with Crippen LogP contribution in [0, 0.1) is 0 Å². The van der Waals surface area contributed by atoms with Crippen LogP contribution in [0.15, 0.2) is 32.0 Å². The number of ether oxygens (including phenoxy) is 1. The molecule has 0 aromatic carbocycles. The van der Waals surface area contributed by atoms with E-state index in [1.54, 1.807) is 0 Å². The Bertz CT molecular complexity index is 556. The van der Waals surface area contributed by atoms with Gasteiger partial charge in [-0.2, -0.15) is 5.10 Å². The summed E-state index contributed by atoms with van der Waals surface area (Å²) in [5.74, 6) is 0.857. The zero-order chi connectivity index (χ0) is 13.9. The van der Waals surface area contributed by atoms with Crippen LogP contribution in [0.2, 0.25) is 0 Å². The molecule has 108 valence electrons. The molecule has 1 atom stereocenters. The van der Waals surface area contributed by atoms with E-state index in [1.807, 2.05) is 23.1 Å². The molecule has 1 fully saturated rings. The average molecular weight is 405 g/mol. The zero-order valence-electron chi connectivity index (χ0n) is 10.8. The molecule has 0 spiro atoms. The van der Waals surface area contributed by atoms with Crippen molar-refractivity contribution in [2.24, 2.45) is 0 Å². The lowest BCUT2D eigenvalue weighted by atomic mass is 10.2. The van der Waals surface area contributed by atoms with Crippen LogP contribution in [0.1, 0.15) is 18.6 Å². The Hall–Kier alpha value is -0.790. The van der Waals surface area contributed by atoms with Crippen LogP contribution in [0.25, 0.3) is 0 Å². The first kappa shape index (κ1) is 14.2. The van der Waals surface area contributed by atoms with Gasteiger partial charge in [-0.3, -0.25) is 4.68 Å². The monoisotopic (exact) mass is 403 g/mol. The Balaban J connectivity index is 1.54. The summed E-state index contributed by atoms with van der Waals surface area (Å²) in [5, 5.41) is 7.63. The van der Waals surface area contributed by atoms with Crippen molar-refractivity contribution < 1.29 is 9.15 Å². The minimum Gasteiger partial charge on any atom is -0.451 e. The third kappa shape index (κ3) is 3.45. The molecule has 1 unspecified atom stereocenters. The van der Waals surface area contributed by atoms with Crippen LogP contribution in [0.5, 0.6) is 0 Å². The first-order valence-corrected chi connectivity index (χ1v) is 8.11. The number of furan rings is 1. The quantitative estimate of drug-likeness (QED) is 0.823. The SMILES string of the molecule is Brc1cc(CNc2cnn(CC3CCCO3)c2)oc1Br. The standard InChI is InChI=1S/C13H15Br2N3O2/c14-12-4-11(20-13(12)15)6-16-9-5-17-18(7-9)8-10-2-1-3-19-10/h4-5,7,10,16H,1-3,6,8H2. The lowest BCUT2D eigenvalue weighted by Crippen LogP contribution is -2.15. The van der Waals surface area contributed by atoms with Gasteiger partial charge in [0.25, 0.3) is 0 Å². The summed E-state index contributed by atoms with van der Waals surface area (Å²) in [4.78, 5) is 0. The predicted octanol–water partition coefficient (Wildman–Crippen LogP) is 3.79. The van der Waals surface area contributed by atoms with Crippen molar-refractivity contribution in [2.45, 2.75) is 32.0 Å². The Kier molecular flexibility index (Phi) is 4.48. The highest BCUT2D eigenvalue weighted by Crippen LogP contribution is 2.27. The van der Waals surface area contributed by atoms with E-state index in [2.05, 4.69) is 42.3 Å². The van der Waals surface area contributed by atoms with E-state index < -0.39 is 0 Å². The van der Waals surface area contributed by atoms with Crippen molar-refractivity contribution in [3.63, 3.8) is 0 Å². The molecule has 1 aliphatic heterocycles. The van der Waals surface area contributed by atoms with E-state index in [-0.39, 0.29) is 0 Å². The van der Waals surface area contributed by atoms with Crippen molar-refractivity contribution in [2.75, 3.05) is 11.9 Å². The van der Waals surface area contributed by atoms with Gasteiger partial charge in [0.1, 0.15) is 5.76 Å². The zero-order valence-corrected chi connectivity index (χ0v) is 14.0. The first-order valence-electron chi connectivity index (χ1n) is 6.52. The van der Waals surface area contributed by atoms with E-state index in [4.69, 9.17) is 9.15 Å². The molecule has 20 heavy (non-hydrogen) atoms. The van der Waals surface area contributed by atoms with E-state index in [9.17, 15) is 0 Å². The highest BCUT2D eigenvalue weighted by atomic mass is 79.9. The van der Waals surface area contributed by atoms with Crippen LogP contribution in [0.4, 0.5) is 5.69 Å². The van der Waals surface area contributed by atoms with Crippen LogP contribution in [-0.2, 0) is 17.8 Å². The fourth-order valence-electron chi connectivity index (χ4n) is 2.22. The third-order valence-electron chi connectivity index (χ3n) is 3.21. The van der Waals surface area contributed by atoms with E-state index >= 15 is 0 Å². The number of anilines is 1. The maximum atomic E-state index is 5.60. The summed E-state index contributed by atoms with van der Waals surface area (Å²) in [6, 6.07) is 1.94. The molecule has 0 bridgehead atoms. The Labute approximate surface area is 133 Å². The lowest BCUT2D eigenvalue weighted by Gasteiger charge is -2.08. The fourth-order valence-corrected chi connectivity index (χ4v) is 2.88. The summed E-state index contributed by atoms with van der Waals surface area (Å²) < 4.78 is 14.7. The molecule has 1 aliphatic rings. The van der Waals surface area contributed by atoms with Crippen molar-refractivity contribution in [1.29, 1.82) is 0 Å². The van der Waals surface area contributed by atoms with E-state index in [1.165, 1.54) is 0 Å². The molecule has 1 N–H and O–H groups in total. The summed E-state index contributed by atoms with van der Waals surface area (Å²) >= 11 is 6.72. The van der Waals surface area contributed by atoms with Gasteiger partial charge in [0.2, 0.25) is 0 Å². The van der Waals surface area contributed by atoms with Gasteiger partial charge in [0.05, 0.1) is 35.6 Å². The first-order chi connectivity index (χ1) is 9.70. The van der Waals surface area contributed by atoms with Crippen LogP contribution in [-0.4, -0.2) is 22.5 Å². The largest absolute Gasteiger partial charge is 0.451 e. The molecule has 7 heteroatoms. The molecule has 3 heterocycles. The minimum absolute atomic E-state index is 0.305. The number of nitrogens with one attached hydrogen (secondary N) is 1. The van der Waals surface area contributed by atoms with Gasteiger partial charge >= 0.3 is 0 Å². The Morgan fingerprint density at radius 3 is 3.05 bits per heavy atom. The fraction of sp³-hybridized carbons (Fsp3) is 0.462. The van der Waals surface area contributed by atoms with Gasteiger partial charge in [0.15, 0.2) is 4.67 Å². The van der Waals surface area contributed by atoms with Crippen molar-refractivity contribution >= 4 is 37.5 Å². The van der Waals surface area contributed by atoms with Crippen molar-refractivity contribution in [1.82, 2.24) is 9.78 Å².